The van der Waals surface area contributed by atoms with Crippen LogP contribution in [0.15, 0.2) is 42.7 Å². The van der Waals surface area contributed by atoms with Crippen molar-refractivity contribution in [1.29, 1.82) is 0 Å². The maximum Gasteiger partial charge on any atom is 0.170 e. The van der Waals surface area contributed by atoms with Gasteiger partial charge >= 0.3 is 0 Å². The van der Waals surface area contributed by atoms with Gasteiger partial charge in [-0.15, -0.1) is 0 Å². The Kier molecular flexibility index (Phi) is 5.16. The van der Waals surface area contributed by atoms with Crippen molar-refractivity contribution in [3.63, 3.8) is 0 Å². The molecule has 0 aromatic carbocycles. The fraction of sp³-hybridized carbons (Fsp3) is 0.444. The Morgan fingerprint density at radius 1 is 1.29 bits per heavy atom. The van der Waals surface area contributed by atoms with Gasteiger partial charge in [0.2, 0.25) is 0 Å². The van der Waals surface area contributed by atoms with Gasteiger partial charge in [0.1, 0.15) is 0 Å². The van der Waals surface area contributed by atoms with E-state index in [4.69, 9.17) is 17.0 Å². The topological polar surface area (TPSA) is 42.3 Å². The molecule has 1 N–H and O–H groups in total. The van der Waals surface area contributed by atoms with Crippen LogP contribution < -0.4 is 5.32 Å². The van der Waals surface area contributed by atoms with E-state index in [9.17, 15) is 0 Å². The number of methoxy groups -OCH3 is 1. The summed E-state index contributed by atoms with van der Waals surface area (Å²) in [6, 6.07) is 10.7. The maximum atomic E-state index is 5.63. The summed E-state index contributed by atoms with van der Waals surface area (Å²) in [7, 11) is 1.73. The molecule has 0 spiro atoms. The second-order valence-electron chi connectivity index (χ2n) is 6.25. The fourth-order valence-electron chi connectivity index (χ4n) is 3.33. The Morgan fingerprint density at radius 3 is 2.79 bits per heavy atom. The van der Waals surface area contributed by atoms with Gasteiger partial charge in [-0.2, -0.15) is 0 Å². The Morgan fingerprint density at radius 2 is 2.12 bits per heavy atom. The second-order valence-corrected chi connectivity index (χ2v) is 6.63. The first-order valence-electron chi connectivity index (χ1n) is 8.27. The van der Waals surface area contributed by atoms with Crippen molar-refractivity contribution in [2.75, 3.05) is 13.7 Å². The van der Waals surface area contributed by atoms with Crippen LogP contribution in [0.1, 0.15) is 37.3 Å². The molecule has 0 saturated carbocycles. The molecule has 24 heavy (non-hydrogen) atoms. The molecule has 0 aliphatic carbocycles. The number of nitrogens with zero attached hydrogens (tertiary/aromatic N) is 3. The van der Waals surface area contributed by atoms with Crippen LogP contribution in [0.5, 0.6) is 0 Å². The Labute approximate surface area is 148 Å². The van der Waals surface area contributed by atoms with E-state index in [2.05, 4.69) is 58.0 Å². The van der Waals surface area contributed by atoms with Gasteiger partial charge in [-0.1, -0.05) is 6.07 Å². The Bertz CT molecular complexity index is 685. The van der Waals surface area contributed by atoms with Gasteiger partial charge in [-0.05, 0) is 50.3 Å². The van der Waals surface area contributed by atoms with Crippen molar-refractivity contribution in [1.82, 2.24) is 19.8 Å². The molecule has 2 atom stereocenters. The summed E-state index contributed by atoms with van der Waals surface area (Å²) in [5.41, 5.74) is 2.23. The van der Waals surface area contributed by atoms with Crippen molar-refractivity contribution in [3.05, 3.63) is 54.1 Å². The summed E-state index contributed by atoms with van der Waals surface area (Å²) in [5.74, 6) is 0. The van der Waals surface area contributed by atoms with Crippen LogP contribution >= 0.6 is 12.2 Å². The summed E-state index contributed by atoms with van der Waals surface area (Å²) in [6.07, 6.45) is 3.93. The number of thiocarbonyl (C=S) groups is 1. The summed E-state index contributed by atoms with van der Waals surface area (Å²) in [5, 5.41) is 4.26. The summed E-state index contributed by atoms with van der Waals surface area (Å²) >= 11 is 5.63. The molecule has 1 aliphatic heterocycles. The van der Waals surface area contributed by atoms with Gasteiger partial charge in [-0.25, -0.2) is 0 Å². The van der Waals surface area contributed by atoms with Gasteiger partial charge in [-0.3, -0.25) is 4.98 Å². The number of pyridine rings is 1. The molecular weight excluding hydrogens is 320 g/mol. The minimum Gasteiger partial charge on any atom is -0.383 e. The monoisotopic (exact) mass is 344 g/mol. The van der Waals surface area contributed by atoms with Gasteiger partial charge in [0.15, 0.2) is 5.11 Å². The lowest BCUT2D eigenvalue weighted by Crippen LogP contribution is -2.36. The SMILES string of the molecule is COCCn1cccc1[C@@H]1[C@@H](c2ccccn2)NC(=S)N1C(C)C. The molecule has 128 valence electrons. The highest BCUT2D eigenvalue weighted by molar-refractivity contribution is 7.80. The summed E-state index contributed by atoms with van der Waals surface area (Å²) < 4.78 is 7.50. The van der Waals surface area contributed by atoms with Gasteiger partial charge in [0.05, 0.1) is 24.4 Å². The van der Waals surface area contributed by atoms with E-state index in [0.717, 1.165) is 17.4 Å². The summed E-state index contributed by atoms with van der Waals surface area (Å²) in [6.45, 7) is 5.85. The largest absolute Gasteiger partial charge is 0.383 e. The van der Waals surface area contributed by atoms with Crippen LogP contribution in [-0.4, -0.2) is 39.3 Å². The third kappa shape index (κ3) is 3.16. The minimum absolute atomic E-state index is 0.0392. The van der Waals surface area contributed by atoms with Crippen LogP contribution in [0.25, 0.3) is 0 Å². The molecule has 1 fully saturated rings. The normalized spacial score (nSPS) is 20.7. The highest BCUT2D eigenvalue weighted by atomic mass is 32.1. The van der Waals surface area contributed by atoms with Crippen molar-refractivity contribution in [2.45, 2.75) is 38.5 Å². The smallest absolute Gasteiger partial charge is 0.170 e. The Balaban J connectivity index is 2.01. The van der Waals surface area contributed by atoms with E-state index in [1.54, 1.807) is 7.11 Å². The lowest BCUT2D eigenvalue weighted by Gasteiger charge is -2.31. The highest BCUT2D eigenvalue weighted by Gasteiger charge is 2.42. The predicted molar refractivity (Wildman–Crippen MR) is 98.7 cm³/mol. The average Bonchev–Trinajstić information content (AvgIpc) is 3.17. The standard InChI is InChI=1S/C18H24N4OS/c1-13(2)22-17(15-8-6-10-21(15)11-12-23-3)16(20-18(22)24)14-7-4-5-9-19-14/h4-10,13,16-17H,11-12H2,1-3H3,(H,20,24)/t16-,17-/m1/s1. The number of aromatic nitrogens is 2. The molecule has 0 radical (unpaired) electrons. The molecule has 2 aromatic rings. The molecule has 0 amide bonds. The van der Waals surface area contributed by atoms with Gasteiger partial charge in [0.25, 0.3) is 0 Å². The third-order valence-electron chi connectivity index (χ3n) is 4.40. The molecule has 0 unspecified atom stereocenters. The number of ether oxygens (including phenoxy) is 1. The number of nitrogens with one attached hydrogen (secondary N) is 1. The van der Waals surface area contributed by atoms with Gasteiger partial charge < -0.3 is 19.5 Å². The maximum absolute atomic E-state index is 5.63. The first-order chi connectivity index (χ1) is 11.6. The van der Waals surface area contributed by atoms with Crippen molar-refractivity contribution in [3.8, 4) is 0 Å². The number of hydrogen-bond acceptors (Lipinski definition) is 3. The first kappa shape index (κ1) is 16.9. The van der Waals surface area contributed by atoms with Crippen LogP contribution in [-0.2, 0) is 11.3 Å². The zero-order valence-corrected chi connectivity index (χ0v) is 15.2. The molecule has 6 heteroatoms. The first-order valence-corrected chi connectivity index (χ1v) is 8.68. The summed E-state index contributed by atoms with van der Waals surface area (Å²) in [4.78, 5) is 6.83. The average molecular weight is 344 g/mol. The predicted octanol–water partition coefficient (Wildman–Crippen LogP) is 2.91. The van der Waals surface area contributed by atoms with E-state index in [1.807, 2.05) is 18.3 Å². The molecule has 3 heterocycles. The molecule has 0 bridgehead atoms. The zero-order chi connectivity index (χ0) is 17.1. The zero-order valence-electron chi connectivity index (χ0n) is 14.3. The molecule has 2 aromatic heterocycles. The molecular formula is C18H24N4OS. The van der Waals surface area contributed by atoms with E-state index >= 15 is 0 Å². The molecule has 1 saturated heterocycles. The number of rotatable bonds is 6. The molecule has 3 rings (SSSR count). The van der Waals surface area contributed by atoms with Crippen molar-refractivity contribution < 1.29 is 4.74 Å². The van der Waals surface area contributed by atoms with Crippen molar-refractivity contribution in [2.24, 2.45) is 0 Å². The lowest BCUT2D eigenvalue weighted by atomic mass is 10.0. The van der Waals surface area contributed by atoms with Crippen LogP contribution in [0.2, 0.25) is 0 Å². The van der Waals surface area contributed by atoms with Crippen LogP contribution in [0.3, 0.4) is 0 Å². The fourth-order valence-corrected chi connectivity index (χ4v) is 3.78. The molecule has 1 aliphatic rings. The molecule has 5 nitrogen and oxygen atoms in total. The van der Waals surface area contributed by atoms with Crippen molar-refractivity contribution >= 4 is 17.3 Å². The Hall–Kier alpha value is -1.92. The van der Waals surface area contributed by atoms with E-state index in [-0.39, 0.29) is 12.1 Å². The van der Waals surface area contributed by atoms with E-state index in [0.29, 0.717) is 12.6 Å². The van der Waals surface area contributed by atoms with E-state index in [1.165, 1.54) is 5.69 Å². The van der Waals surface area contributed by atoms with Crippen LogP contribution in [0, 0.1) is 0 Å². The highest BCUT2D eigenvalue weighted by Crippen LogP contribution is 2.39. The quantitative estimate of drug-likeness (QED) is 0.816. The minimum atomic E-state index is 0.0392. The van der Waals surface area contributed by atoms with Crippen LogP contribution in [0.4, 0.5) is 0 Å². The van der Waals surface area contributed by atoms with E-state index < -0.39 is 0 Å². The third-order valence-corrected chi connectivity index (χ3v) is 4.72. The lowest BCUT2D eigenvalue weighted by molar-refractivity contribution is 0.182. The van der Waals surface area contributed by atoms with Gasteiger partial charge in [0, 0.05) is 37.8 Å². The number of hydrogen-bond donors (Lipinski definition) is 1. The second kappa shape index (κ2) is 7.32.